The molecule has 0 radical (unpaired) electrons. The maximum absolute atomic E-state index is 12.6. The molecule has 0 saturated heterocycles. The zero-order valence-electron chi connectivity index (χ0n) is 21.9. The van der Waals surface area contributed by atoms with Crippen molar-refractivity contribution in [1.82, 2.24) is 0 Å². The summed E-state index contributed by atoms with van der Waals surface area (Å²) in [5.41, 5.74) is 1.84. The van der Waals surface area contributed by atoms with Gasteiger partial charge in [-0.1, -0.05) is 53.7 Å². The molecule has 3 N–H and O–H groups in total. The molecule has 4 heteroatoms. The standard InChI is InChI=1S/C28H44O3.CH4O.CH4/c1-17-19-8-11-27(5)20-9-13-28(24(30)31)15-14-25(2,3)16-21(28)18(20)6-7-23(27)26(19,4)12-10-22(17)29;1-2;/h6,17,19-23,29H,7-16H2,1-5H3,(H,30,31);2H,1H3;1H4. The van der Waals surface area contributed by atoms with Crippen LogP contribution >= 0.6 is 0 Å². The average molecular weight is 477 g/mol. The van der Waals surface area contributed by atoms with Crippen molar-refractivity contribution in [2.75, 3.05) is 7.11 Å². The van der Waals surface area contributed by atoms with E-state index >= 15 is 0 Å². The van der Waals surface area contributed by atoms with Crippen LogP contribution in [0.2, 0.25) is 0 Å². The Hall–Kier alpha value is -0.870. The first-order valence-electron chi connectivity index (χ1n) is 13.5. The monoisotopic (exact) mass is 476 g/mol. The highest BCUT2D eigenvalue weighted by molar-refractivity contribution is 5.76. The summed E-state index contributed by atoms with van der Waals surface area (Å²) in [7, 11) is 1.00. The second-order valence-electron chi connectivity index (χ2n) is 13.6. The van der Waals surface area contributed by atoms with Crippen molar-refractivity contribution < 1.29 is 20.1 Å². The van der Waals surface area contributed by atoms with Gasteiger partial charge < -0.3 is 15.3 Å². The van der Waals surface area contributed by atoms with Crippen molar-refractivity contribution in [1.29, 1.82) is 0 Å². The molecule has 4 fully saturated rings. The van der Waals surface area contributed by atoms with Crippen LogP contribution in [0.4, 0.5) is 0 Å². The van der Waals surface area contributed by atoms with Crippen LogP contribution in [0.1, 0.15) is 106 Å². The molecule has 0 amide bonds. The molecule has 196 valence electrons. The zero-order valence-corrected chi connectivity index (χ0v) is 21.9. The van der Waals surface area contributed by atoms with E-state index in [1.165, 1.54) is 18.4 Å². The third-order valence-electron chi connectivity index (χ3n) is 11.8. The van der Waals surface area contributed by atoms with Crippen molar-refractivity contribution in [2.24, 2.45) is 51.2 Å². The Morgan fingerprint density at radius 3 is 2.21 bits per heavy atom. The topological polar surface area (TPSA) is 77.8 Å². The maximum Gasteiger partial charge on any atom is 0.310 e. The number of allylic oxidation sites excluding steroid dienone is 2. The molecular weight excluding hydrogens is 424 g/mol. The molecule has 0 aromatic rings. The summed E-state index contributed by atoms with van der Waals surface area (Å²) in [5, 5.41) is 27.9. The predicted octanol–water partition coefficient (Wildman–Crippen LogP) is 6.70. The highest BCUT2D eigenvalue weighted by Gasteiger charge is 2.64. The number of aliphatic hydroxyl groups excluding tert-OH is 2. The maximum atomic E-state index is 12.6. The third-order valence-corrected chi connectivity index (χ3v) is 11.8. The first-order valence-corrected chi connectivity index (χ1v) is 13.5. The van der Waals surface area contributed by atoms with E-state index in [1.807, 2.05) is 0 Å². The predicted molar refractivity (Wildman–Crippen MR) is 138 cm³/mol. The van der Waals surface area contributed by atoms with Crippen molar-refractivity contribution in [3.8, 4) is 0 Å². The van der Waals surface area contributed by atoms with Gasteiger partial charge in [0.1, 0.15) is 0 Å². The van der Waals surface area contributed by atoms with Gasteiger partial charge >= 0.3 is 5.97 Å². The number of rotatable bonds is 1. The average Bonchev–Trinajstić information content (AvgIpc) is 2.77. The minimum atomic E-state index is -0.537. The lowest BCUT2D eigenvalue weighted by Gasteiger charge is -2.66. The van der Waals surface area contributed by atoms with E-state index in [0.717, 1.165) is 58.5 Å². The van der Waals surface area contributed by atoms with E-state index in [0.29, 0.717) is 29.1 Å². The smallest absolute Gasteiger partial charge is 0.310 e. The summed E-state index contributed by atoms with van der Waals surface area (Å²) in [4.78, 5) is 12.6. The van der Waals surface area contributed by atoms with Crippen LogP contribution in [0.25, 0.3) is 0 Å². The molecule has 5 aliphatic rings. The lowest BCUT2D eigenvalue weighted by atomic mass is 9.38. The van der Waals surface area contributed by atoms with Gasteiger partial charge in [0.25, 0.3) is 0 Å². The SMILES string of the molecule is C.CC1C(O)CCC2(C)C1CCC1(C)C3CCC4(C(=O)O)CCC(C)(C)CC4C3=CCC12.CO. The Labute approximate surface area is 208 Å². The van der Waals surface area contributed by atoms with Gasteiger partial charge in [-0.05, 0) is 110 Å². The minimum absolute atomic E-state index is 0. The molecule has 4 nitrogen and oxygen atoms in total. The Morgan fingerprint density at radius 1 is 0.912 bits per heavy atom. The van der Waals surface area contributed by atoms with Crippen LogP contribution < -0.4 is 0 Å². The van der Waals surface area contributed by atoms with Gasteiger partial charge in [-0.3, -0.25) is 4.79 Å². The van der Waals surface area contributed by atoms with E-state index in [9.17, 15) is 15.0 Å². The van der Waals surface area contributed by atoms with Crippen LogP contribution in [0.5, 0.6) is 0 Å². The summed E-state index contributed by atoms with van der Waals surface area (Å²) < 4.78 is 0. The van der Waals surface area contributed by atoms with E-state index in [2.05, 4.69) is 40.7 Å². The number of aliphatic hydroxyl groups is 2. The number of hydrogen-bond acceptors (Lipinski definition) is 3. The Balaban J connectivity index is 0.00000105. The highest BCUT2D eigenvalue weighted by atomic mass is 16.4. The van der Waals surface area contributed by atoms with Gasteiger partial charge in [-0.2, -0.15) is 0 Å². The van der Waals surface area contributed by atoms with E-state index in [4.69, 9.17) is 5.11 Å². The minimum Gasteiger partial charge on any atom is -0.481 e. The molecule has 5 rings (SSSR count). The van der Waals surface area contributed by atoms with Gasteiger partial charge in [-0.25, -0.2) is 0 Å². The summed E-state index contributed by atoms with van der Waals surface area (Å²) >= 11 is 0. The molecule has 9 unspecified atom stereocenters. The number of aliphatic carboxylic acids is 1. The van der Waals surface area contributed by atoms with Gasteiger partial charge in [0.15, 0.2) is 0 Å². The first kappa shape index (κ1) is 27.7. The fraction of sp³-hybridized carbons (Fsp3) is 0.900. The fourth-order valence-corrected chi connectivity index (χ4v) is 9.90. The molecule has 34 heavy (non-hydrogen) atoms. The van der Waals surface area contributed by atoms with Crippen LogP contribution in [-0.4, -0.2) is 34.5 Å². The van der Waals surface area contributed by atoms with Gasteiger partial charge in [0.05, 0.1) is 11.5 Å². The second kappa shape index (κ2) is 9.21. The van der Waals surface area contributed by atoms with Crippen LogP contribution in [-0.2, 0) is 4.79 Å². The van der Waals surface area contributed by atoms with Crippen LogP contribution in [0.3, 0.4) is 0 Å². The molecule has 0 heterocycles. The molecule has 4 saturated carbocycles. The number of carboxylic acids is 1. The van der Waals surface area contributed by atoms with Crippen molar-refractivity contribution in [3.63, 3.8) is 0 Å². The Kier molecular flexibility index (Phi) is 7.51. The van der Waals surface area contributed by atoms with Gasteiger partial charge in [-0.15, -0.1) is 0 Å². The number of carboxylic acid groups (broad SMARTS) is 1. The van der Waals surface area contributed by atoms with Crippen LogP contribution in [0, 0.1) is 51.2 Å². The van der Waals surface area contributed by atoms with Crippen LogP contribution in [0.15, 0.2) is 11.6 Å². The van der Waals surface area contributed by atoms with Crippen molar-refractivity contribution in [2.45, 2.75) is 112 Å². The highest BCUT2D eigenvalue weighted by Crippen LogP contribution is 2.70. The van der Waals surface area contributed by atoms with Gasteiger partial charge in [0, 0.05) is 7.11 Å². The number of hydrogen-bond donors (Lipinski definition) is 3. The lowest BCUT2D eigenvalue weighted by Crippen LogP contribution is -2.60. The summed E-state index contributed by atoms with van der Waals surface area (Å²) in [6.45, 7) is 12.1. The molecule has 0 aromatic heterocycles. The first-order chi connectivity index (χ1) is 15.4. The molecule has 0 bridgehead atoms. The molecule has 5 aliphatic carbocycles. The number of carbonyl (C=O) groups is 1. The van der Waals surface area contributed by atoms with Crippen molar-refractivity contribution >= 4 is 5.97 Å². The number of fused-ring (bicyclic) bond motifs is 7. The zero-order chi connectivity index (χ0) is 24.4. The van der Waals surface area contributed by atoms with Gasteiger partial charge in [0.2, 0.25) is 0 Å². The summed E-state index contributed by atoms with van der Waals surface area (Å²) in [6, 6.07) is 0. The molecule has 0 spiro atoms. The quantitative estimate of drug-likeness (QED) is 0.368. The molecule has 9 atom stereocenters. The van der Waals surface area contributed by atoms with E-state index in [-0.39, 0.29) is 30.3 Å². The van der Waals surface area contributed by atoms with E-state index in [1.54, 1.807) is 0 Å². The summed E-state index contributed by atoms with van der Waals surface area (Å²) in [5.74, 6) is 1.93. The molecule has 0 aromatic carbocycles. The Morgan fingerprint density at radius 2 is 1.56 bits per heavy atom. The summed E-state index contributed by atoms with van der Waals surface area (Å²) in [6.07, 6.45) is 12.9. The third kappa shape index (κ3) is 3.81. The van der Waals surface area contributed by atoms with Crippen molar-refractivity contribution in [3.05, 3.63) is 11.6 Å². The second-order valence-corrected chi connectivity index (χ2v) is 13.6. The normalized spacial score (nSPS) is 48.8. The largest absolute Gasteiger partial charge is 0.481 e. The molecular formula is C30H52O4. The van der Waals surface area contributed by atoms with E-state index < -0.39 is 11.4 Å². The lowest BCUT2D eigenvalue weighted by molar-refractivity contribution is -0.170. The fourth-order valence-electron chi connectivity index (χ4n) is 9.90. The Bertz CT molecular complexity index is 802. The molecule has 0 aliphatic heterocycles.